The number of sulfonamides is 1. The molecule has 0 atom stereocenters. The van der Waals surface area contributed by atoms with Crippen LogP contribution >= 0.6 is 0 Å². The first-order valence-corrected chi connectivity index (χ1v) is 8.83. The van der Waals surface area contributed by atoms with E-state index in [1.165, 1.54) is 13.2 Å². The van der Waals surface area contributed by atoms with Crippen LogP contribution in [-0.4, -0.2) is 31.2 Å². The lowest BCUT2D eigenvalue weighted by Crippen LogP contribution is -2.33. The summed E-state index contributed by atoms with van der Waals surface area (Å²) in [6.07, 6.45) is 1.57. The van der Waals surface area contributed by atoms with E-state index in [2.05, 4.69) is 9.82 Å². The summed E-state index contributed by atoms with van der Waals surface area (Å²) in [7, 11) is -0.720. The van der Waals surface area contributed by atoms with E-state index >= 15 is 0 Å². The molecule has 1 amide bonds. The summed E-state index contributed by atoms with van der Waals surface area (Å²) in [6.45, 7) is 5.28. The smallest absolute Gasteiger partial charge is 0.264 e. The van der Waals surface area contributed by atoms with Crippen molar-refractivity contribution in [1.82, 2.24) is 14.5 Å². The minimum Gasteiger partial charge on any atom is -0.496 e. The minimum atomic E-state index is -3.95. The molecular formula is C16H21N3O4S. The predicted molar refractivity (Wildman–Crippen MR) is 89.4 cm³/mol. The fourth-order valence-electron chi connectivity index (χ4n) is 2.50. The van der Waals surface area contributed by atoms with E-state index in [1.807, 2.05) is 6.92 Å². The van der Waals surface area contributed by atoms with Gasteiger partial charge in [0.1, 0.15) is 5.75 Å². The fraction of sp³-hybridized carbons (Fsp3) is 0.375. The van der Waals surface area contributed by atoms with Gasteiger partial charge in [-0.3, -0.25) is 9.48 Å². The van der Waals surface area contributed by atoms with E-state index in [4.69, 9.17) is 4.74 Å². The van der Waals surface area contributed by atoms with Gasteiger partial charge in [0.2, 0.25) is 5.91 Å². The average molecular weight is 351 g/mol. The zero-order chi connectivity index (χ0) is 18.1. The molecule has 1 heterocycles. The van der Waals surface area contributed by atoms with Gasteiger partial charge in [-0.25, -0.2) is 13.1 Å². The first-order chi connectivity index (χ1) is 11.2. The second-order valence-corrected chi connectivity index (χ2v) is 7.27. The van der Waals surface area contributed by atoms with Crippen molar-refractivity contribution in [2.75, 3.05) is 7.11 Å². The summed E-state index contributed by atoms with van der Waals surface area (Å²) >= 11 is 0. The molecule has 0 fully saturated rings. The molecule has 0 bridgehead atoms. The van der Waals surface area contributed by atoms with Gasteiger partial charge in [0, 0.05) is 7.05 Å². The van der Waals surface area contributed by atoms with Crippen LogP contribution in [0.5, 0.6) is 5.75 Å². The lowest BCUT2D eigenvalue weighted by atomic mass is 10.1. The van der Waals surface area contributed by atoms with E-state index in [0.717, 1.165) is 11.1 Å². The number of hydrogen-bond donors (Lipinski definition) is 1. The Balaban J connectivity index is 2.26. The molecule has 8 heteroatoms. The third-order valence-electron chi connectivity index (χ3n) is 4.04. The van der Waals surface area contributed by atoms with E-state index in [-0.39, 0.29) is 11.3 Å². The molecular weight excluding hydrogens is 330 g/mol. The molecule has 0 saturated heterocycles. The third-order valence-corrected chi connectivity index (χ3v) is 5.56. The first kappa shape index (κ1) is 18.0. The zero-order valence-electron chi connectivity index (χ0n) is 14.4. The van der Waals surface area contributed by atoms with Gasteiger partial charge >= 0.3 is 0 Å². The van der Waals surface area contributed by atoms with Crippen LogP contribution in [0.1, 0.15) is 22.4 Å². The number of hydrogen-bond acceptors (Lipinski definition) is 5. The highest BCUT2D eigenvalue weighted by atomic mass is 32.2. The van der Waals surface area contributed by atoms with Crippen molar-refractivity contribution >= 4 is 15.9 Å². The molecule has 0 aliphatic carbocycles. The molecule has 1 aromatic carbocycles. The van der Waals surface area contributed by atoms with Crippen LogP contribution in [-0.2, 0) is 28.3 Å². The molecule has 1 aromatic heterocycles. The molecule has 7 nitrogen and oxygen atoms in total. The Morgan fingerprint density at radius 1 is 1.25 bits per heavy atom. The Kier molecular flexibility index (Phi) is 4.98. The molecule has 2 aromatic rings. The number of methoxy groups -OCH3 is 1. The SMILES string of the molecule is COc1ccc(S(=O)(=O)NC(=O)Cc2c(C)cnn2C)c(C)c1C. The second kappa shape index (κ2) is 6.64. The van der Waals surface area contributed by atoms with Gasteiger partial charge in [0.05, 0.1) is 30.3 Å². The lowest BCUT2D eigenvalue weighted by molar-refractivity contribution is -0.118. The van der Waals surface area contributed by atoms with Crippen LogP contribution in [0.4, 0.5) is 0 Å². The summed E-state index contributed by atoms with van der Waals surface area (Å²) in [5.74, 6) is -0.00198. The van der Waals surface area contributed by atoms with Crippen molar-refractivity contribution < 1.29 is 17.9 Å². The van der Waals surface area contributed by atoms with Gasteiger partial charge in [-0.2, -0.15) is 5.10 Å². The normalized spacial score (nSPS) is 11.4. The Bertz CT molecular complexity index is 865. The van der Waals surface area contributed by atoms with E-state index in [0.29, 0.717) is 17.0 Å². The van der Waals surface area contributed by atoms with Gasteiger partial charge < -0.3 is 4.74 Å². The molecule has 0 radical (unpaired) electrons. The number of ether oxygens (including phenoxy) is 1. The quantitative estimate of drug-likeness (QED) is 0.879. The number of nitrogens with one attached hydrogen (secondary N) is 1. The number of carbonyl (C=O) groups excluding carboxylic acids is 1. The van der Waals surface area contributed by atoms with E-state index in [9.17, 15) is 13.2 Å². The van der Waals surface area contributed by atoms with Crippen LogP contribution in [0.15, 0.2) is 23.2 Å². The largest absolute Gasteiger partial charge is 0.496 e. The summed E-state index contributed by atoms with van der Waals surface area (Å²) in [4.78, 5) is 12.2. The minimum absolute atomic E-state index is 0.0598. The summed E-state index contributed by atoms with van der Waals surface area (Å²) in [6, 6.07) is 3.01. The number of amides is 1. The van der Waals surface area contributed by atoms with Crippen LogP contribution in [0.3, 0.4) is 0 Å². The average Bonchev–Trinajstić information content (AvgIpc) is 2.81. The van der Waals surface area contributed by atoms with Crippen molar-refractivity contribution in [1.29, 1.82) is 0 Å². The monoisotopic (exact) mass is 351 g/mol. The van der Waals surface area contributed by atoms with Gasteiger partial charge in [0.25, 0.3) is 10.0 Å². The molecule has 0 aliphatic rings. The predicted octanol–water partition coefficient (Wildman–Crippen LogP) is 1.40. The Labute approximate surface area is 141 Å². The molecule has 0 aliphatic heterocycles. The zero-order valence-corrected chi connectivity index (χ0v) is 15.2. The summed E-state index contributed by atoms with van der Waals surface area (Å²) in [5.41, 5.74) is 2.77. The van der Waals surface area contributed by atoms with Gasteiger partial charge in [-0.15, -0.1) is 0 Å². The summed E-state index contributed by atoms with van der Waals surface area (Å²) in [5, 5.41) is 4.04. The number of benzene rings is 1. The van der Waals surface area contributed by atoms with Gasteiger partial charge in [-0.1, -0.05) is 0 Å². The topological polar surface area (TPSA) is 90.3 Å². The van der Waals surface area contributed by atoms with Crippen LogP contribution in [0, 0.1) is 20.8 Å². The maximum atomic E-state index is 12.5. The molecule has 24 heavy (non-hydrogen) atoms. The number of aryl methyl sites for hydroxylation is 2. The maximum absolute atomic E-state index is 12.5. The Morgan fingerprint density at radius 2 is 1.92 bits per heavy atom. The molecule has 2 rings (SSSR count). The van der Waals surface area contributed by atoms with Crippen molar-refractivity contribution in [2.45, 2.75) is 32.1 Å². The highest BCUT2D eigenvalue weighted by Gasteiger charge is 2.23. The molecule has 0 unspecified atom stereocenters. The molecule has 0 saturated carbocycles. The van der Waals surface area contributed by atoms with Crippen LogP contribution in [0.2, 0.25) is 0 Å². The lowest BCUT2D eigenvalue weighted by Gasteiger charge is -2.14. The van der Waals surface area contributed by atoms with Crippen molar-refractivity contribution in [3.05, 3.63) is 40.7 Å². The highest BCUT2D eigenvalue weighted by molar-refractivity contribution is 7.90. The number of aromatic nitrogens is 2. The fourth-order valence-corrected chi connectivity index (χ4v) is 3.79. The van der Waals surface area contributed by atoms with Gasteiger partial charge in [0.15, 0.2) is 0 Å². The Morgan fingerprint density at radius 3 is 2.46 bits per heavy atom. The standard InChI is InChI=1S/C16H21N3O4S/c1-10-9-17-19(4)13(10)8-16(20)18-24(21,22)15-7-6-14(23-5)11(2)12(15)3/h6-7,9H,8H2,1-5H3,(H,18,20). The van der Waals surface area contributed by atoms with Crippen LogP contribution < -0.4 is 9.46 Å². The Hall–Kier alpha value is -2.35. The van der Waals surface area contributed by atoms with E-state index in [1.54, 1.807) is 37.8 Å². The summed E-state index contributed by atoms with van der Waals surface area (Å²) < 4.78 is 33.9. The molecule has 1 N–H and O–H groups in total. The van der Waals surface area contributed by atoms with Gasteiger partial charge in [-0.05, 0) is 49.6 Å². The maximum Gasteiger partial charge on any atom is 0.264 e. The highest BCUT2D eigenvalue weighted by Crippen LogP contribution is 2.26. The number of carbonyl (C=O) groups is 1. The number of rotatable bonds is 5. The first-order valence-electron chi connectivity index (χ1n) is 7.34. The van der Waals surface area contributed by atoms with Crippen molar-refractivity contribution in [3.8, 4) is 5.75 Å². The van der Waals surface area contributed by atoms with Crippen molar-refractivity contribution in [3.63, 3.8) is 0 Å². The third kappa shape index (κ3) is 3.43. The molecule has 130 valence electrons. The van der Waals surface area contributed by atoms with Crippen LogP contribution in [0.25, 0.3) is 0 Å². The number of nitrogens with zero attached hydrogens (tertiary/aromatic N) is 2. The van der Waals surface area contributed by atoms with E-state index < -0.39 is 15.9 Å². The second-order valence-electron chi connectivity index (χ2n) is 5.62. The molecule has 0 spiro atoms. The van der Waals surface area contributed by atoms with Crippen molar-refractivity contribution in [2.24, 2.45) is 7.05 Å².